The number of nitrogens with zero attached hydrogens (tertiary/aromatic N) is 1. The number of anilines is 1. The molecule has 0 saturated heterocycles. The van der Waals surface area contributed by atoms with E-state index in [1.807, 2.05) is 43.3 Å². The lowest BCUT2D eigenvalue weighted by Gasteiger charge is -2.23. The van der Waals surface area contributed by atoms with Crippen molar-refractivity contribution >= 4 is 21.6 Å². The molecule has 1 N–H and O–H groups in total. The summed E-state index contributed by atoms with van der Waals surface area (Å²) in [6.07, 6.45) is 0. The number of para-hydroxylation sites is 1. The molecule has 0 aliphatic rings. The van der Waals surface area contributed by atoms with E-state index in [0.717, 1.165) is 5.56 Å². The highest BCUT2D eigenvalue weighted by Gasteiger charge is 2.24. The van der Waals surface area contributed by atoms with Crippen molar-refractivity contribution in [2.24, 2.45) is 0 Å². The fraction of sp³-hybridized carbons (Fsp3) is 0.208. The first-order valence-electron chi connectivity index (χ1n) is 9.94. The minimum Gasteiger partial charge on any atom is -0.351 e. The minimum atomic E-state index is -3.78. The molecule has 1 amide bonds. The van der Waals surface area contributed by atoms with Crippen LogP contribution in [0.4, 0.5) is 5.69 Å². The van der Waals surface area contributed by atoms with E-state index in [1.165, 1.54) is 16.4 Å². The molecule has 0 fully saturated rings. The lowest BCUT2D eigenvalue weighted by molar-refractivity contribution is 0.0951. The van der Waals surface area contributed by atoms with E-state index in [9.17, 15) is 13.2 Å². The number of benzene rings is 3. The molecule has 0 bridgehead atoms. The van der Waals surface area contributed by atoms with Crippen molar-refractivity contribution in [2.75, 3.05) is 17.4 Å². The molecule has 0 saturated carbocycles. The lowest BCUT2D eigenvalue weighted by atomic mass is 10.0. The van der Waals surface area contributed by atoms with E-state index in [2.05, 4.69) is 5.32 Å². The van der Waals surface area contributed by atoms with Gasteiger partial charge in [0.15, 0.2) is 0 Å². The Morgan fingerprint density at radius 3 is 2.20 bits per heavy atom. The first-order chi connectivity index (χ1) is 14.4. The fourth-order valence-corrected chi connectivity index (χ4v) is 4.78. The Balaban J connectivity index is 1.77. The number of nitrogens with one attached hydrogen (secondary N) is 1. The van der Waals surface area contributed by atoms with Gasteiger partial charge in [-0.1, -0.05) is 61.5 Å². The molecule has 0 heterocycles. The summed E-state index contributed by atoms with van der Waals surface area (Å²) < 4.78 is 27.7. The number of hydrogen-bond donors (Lipinski definition) is 1. The molecular weight excluding hydrogens is 396 g/mol. The highest BCUT2D eigenvalue weighted by atomic mass is 32.2. The number of sulfonamides is 1. The predicted molar refractivity (Wildman–Crippen MR) is 120 cm³/mol. The molecule has 3 aromatic carbocycles. The van der Waals surface area contributed by atoms with Crippen molar-refractivity contribution in [3.63, 3.8) is 0 Å². The second kappa shape index (κ2) is 9.59. The van der Waals surface area contributed by atoms with Crippen LogP contribution in [0.5, 0.6) is 0 Å². The van der Waals surface area contributed by atoms with Crippen LogP contribution in [0.1, 0.15) is 35.7 Å². The van der Waals surface area contributed by atoms with E-state index in [4.69, 9.17) is 0 Å². The molecule has 1 atom stereocenters. The monoisotopic (exact) mass is 422 g/mol. The first kappa shape index (κ1) is 21.6. The van der Waals surface area contributed by atoms with Gasteiger partial charge in [0, 0.05) is 18.7 Å². The van der Waals surface area contributed by atoms with E-state index in [-0.39, 0.29) is 23.3 Å². The van der Waals surface area contributed by atoms with Crippen LogP contribution in [-0.4, -0.2) is 27.4 Å². The highest BCUT2D eigenvalue weighted by Crippen LogP contribution is 2.24. The van der Waals surface area contributed by atoms with Gasteiger partial charge >= 0.3 is 0 Å². The van der Waals surface area contributed by atoms with Crippen molar-refractivity contribution in [3.8, 4) is 0 Å². The van der Waals surface area contributed by atoms with Crippen molar-refractivity contribution in [1.82, 2.24) is 5.32 Å². The summed E-state index contributed by atoms with van der Waals surface area (Å²) >= 11 is 0. The largest absolute Gasteiger partial charge is 0.351 e. The van der Waals surface area contributed by atoms with Crippen LogP contribution in [-0.2, 0) is 10.0 Å². The van der Waals surface area contributed by atoms with Crippen molar-refractivity contribution < 1.29 is 13.2 Å². The summed E-state index contributed by atoms with van der Waals surface area (Å²) in [6.45, 7) is 4.57. The average Bonchev–Trinajstić information content (AvgIpc) is 2.79. The zero-order valence-electron chi connectivity index (χ0n) is 17.2. The molecule has 3 aromatic rings. The second-order valence-corrected chi connectivity index (χ2v) is 8.92. The number of carbonyl (C=O) groups is 1. The van der Waals surface area contributed by atoms with Crippen LogP contribution in [0.15, 0.2) is 89.8 Å². The van der Waals surface area contributed by atoms with E-state index in [1.54, 1.807) is 43.3 Å². The Kier molecular flexibility index (Phi) is 6.90. The van der Waals surface area contributed by atoms with E-state index >= 15 is 0 Å². The molecule has 0 aliphatic carbocycles. The number of rotatable bonds is 8. The standard InChI is InChI=1S/C24H26N2O3S/c1-3-26(22-14-8-5-9-15-22)30(28,29)23-16-10-13-21(17-23)24(27)25-18-19(2)20-11-6-4-7-12-20/h4-17,19H,3,18H2,1-2H3,(H,25,27)/t19-/m1/s1. The Labute approximate surface area is 178 Å². The molecule has 0 aromatic heterocycles. The second-order valence-electron chi connectivity index (χ2n) is 7.05. The van der Waals surface area contributed by atoms with Crippen LogP contribution in [0.25, 0.3) is 0 Å². The third-order valence-electron chi connectivity index (χ3n) is 4.95. The zero-order valence-corrected chi connectivity index (χ0v) is 18.0. The molecule has 0 aliphatic heterocycles. The molecule has 0 unspecified atom stereocenters. The van der Waals surface area contributed by atoms with Crippen LogP contribution in [0.3, 0.4) is 0 Å². The van der Waals surface area contributed by atoms with Crippen molar-refractivity contribution in [3.05, 3.63) is 96.1 Å². The normalized spacial score (nSPS) is 12.2. The van der Waals surface area contributed by atoms with Gasteiger partial charge < -0.3 is 5.32 Å². The third-order valence-corrected chi connectivity index (χ3v) is 6.85. The Morgan fingerprint density at radius 1 is 0.933 bits per heavy atom. The maximum atomic E-state index is 13.2. The van der Waals surface area contributed by atoms with Gasteiger partial charge in [0.1, 0.15) is 0 Å². The summed E-state index contributed by atoms with van der Waals surface area (Å²) in [5.41, 5.74) is 2.04. The molecule has 0 radical (unpaired) electrons. The SMILES string of the molecule is CCN(c1ccccc1)S(=O)(=O)c1cccc(C(=O)NC[C@@H](C)c2ccccc2)c1. The van der Waals surface area contributed by atoms with Gasteiger partial charge in [-0.15, -0.1) is 0 Å². The number of hydrogen-bond acceptors (Lipinski definition) is 3. The quantitative estimate of drug-likeness (QED) is 0.584. The predicted octanol–water partition coefficient (Wildman–Crippen LogP) is 4.44. The van der Waals surface area contributed by atoms with Gasteiger partial charge in [0.2, 0.25) is 0 Å². The summed E-state index contributed by atoms with van der Waals surface area (Å²) in [6, 6.07) is 25.0. The summed E-state index contributed by atoms with van der Waals surface area (Å²) in [7, 11) is -3.78. The molecule has 5 nitrogen and oxygen atoms in total. The molecular formula is C24H26N2O3S. The summed E-state index contributed by atoms with van der Waals surface area (Å²) in [5, 5.41) is 2.90. The molecule has 0 spiro atoms. The van der Waals surface area contributed by atoms with Crippen LogP contribution in [0, 0.1) is 0 Å². The molecule has 6 heteroatoms. The van der Waals surface area contributed by atoms with Crippen LogP contribution in [0.2, 0.25) is 0 Å². The van der Waals surface area contributed by atoms with Gasteiger partial charge in [-0.25, -0.2) is 8.42 Å². The third kappa shape index (κ3) is 4.89. The van der Waals surface area contributed by atoms with Gasteiger partial charge in [-0.05, 0) is 48.7 Å². The fourth-order valence-electron chi connectivity index (χ4n) is 3.26. The summed E-state index contributed by atoms with van der Waals surface area (Å²) in [4.78, 5) is 12.7. The first-order valence-corrected chi connectivity index (χ1v) is 11.4. The maximum Gasteiger partial charge on any atom is 0.264 e. The van der Waals surface area contributed by atoms with Crippen LogP contribution >= 0.6 is 0 Å². The highest BCUT2D eigenvalue weighted by molar-refractivity contribution is 7.92. The van der Waals surface area contributed by atoms with Gasteiger partial charge in [0.25, 0.3) is 15.9 Å². The van der Waals surface area contributed by atoms with Gasteiger partial charge in [0.05, 0.1) is 10.6 Å². The van der Waals surface area contributed by atoms with E-state index < -0.39 is 10.0 Å². The van der Waals surface area contributed by atoms with Crippen molar-refractivity contribution in [2.45, 2.75) is 24.7 Å². The Bertz CT molecular complexity index is 1080. The molecule has 156 valence electrons. The van der Waals surface area contributed by atoms with Crippen LogP contribution < -0.4 is 9.62 Å². The van der Waals surface area contributed by atoms with Crippen molar-refractivity contribution in [1.29, 1.82) is 0 Å². The molecule has 30 heavy (non-hydrogen) atoms. The Hall–Kier alpha value is -3.12. The smallest absolute Gasteiger partial charge is 0.264 e. The average molecular weight is 423 g/mol. The summed E-state index contributed by atoms with van der Waals surface area (Å²) in [5.74, 6) is -0.145. The van der Waals surface area contributed by atoms with E-state index in [0.29, 0.717) is 17.8 Å². The minimum absolute atomic E-state index is 0.0944. The zero-order chi connectivity index (χ0) is 21.6. The number of carbonyl (C=O) groups excluding carboxylic acids is 1. The van der Waals surface area contributed by atoms with Gasteiger partial charge in [-0.2, -0.15) is 0 Å². The topological polar surface area (TPSA) is 66.5 Å². The van der Waals surface area contributed by atoms with Gasteiger partial charge in [-0.3, -0.25) is 9.10 Å². The lowest BCUT2D eigenvalue weighted by Crippen LogP contribution is -2.31. The molecule has 3 rings (SSSR count). The Morgan fingerprint density at radius 2 is 1.57 bits per heavy atom. The maximum absolute atomic E-state index is 13.2. The number of amides is 1.